The number of pyridine rings is 1. The molecule has 1 aliphatic rings. The van der Waals surface area contributed by atoms with Crippen LogP contribution in [0.4, 0.5) is 4.39 Å². The van der Waals surface area contributed by atoms with Gasteiger partial charge in [0.05, 0.1) is 12.2 Å². The van der Waals surface area contributed by atoms with E-state index in [1.807, 2.05) is 0 Å². The monoisotopic (exact) mass is 224 g/mol. The fourth-order valence-corrected chi connectivity index (χ4v) is 1.61. The predicted octanol–water partition coefficient (Wildman–Crippen LogP) is 0.818. The number of nitrogens with zero attached hydrogens (tertiary/aromatic N) is 2. The van der Waals surface area contributed by atoms with Crippen molar-refractivity contribution in [2.24, 2.45) is 0 Å². The number of carbonyl (C=O) groups is 1. The first-order valence-electron chi connectivity index (χ1n) is 5.26. The normalized spacial score (nSPS) is 14.9. The van der Waals surface area contributed by atoms with E-state index in [0.717, 1.165) is 18.9 Å². The van der Waals surface area contributed by atoms with Crippen LogP contribution in [0, 0.1) is 5.95 Å². The third-order valence-corrected chi connectivity index (χ3v) is 2.56. The van der Waals surface area contributed by atoms with Gasteiger partial charge < -0.3 is 10.0 Å². The van der Waals surface area contributed by atoms with Crippen molar-refractivity contribution in [3.8, 4) is 0 Å². The van der Waals surface area contributed by atoms with Crippen LogP contribution in [-0.4, -0.2) is 40.1 Å². The van der Waals surface area contributed by atoms with Gasteiger partial charge in [0.1, 0.15) is 0 Å². The smallest absolute Gasteiger partial charge is 0.255 e. The van der Waals surface area contributed by atoms with E-state index in [-0.39, 0.29) is 18.6 Å². The molecule has 5 heteroatoms. The summed E-state index contributed by atoms with van der Waals surface area (Å²) < 4.78 is 12.6. The van der Waals surface area contributed by atoms with E-state index in [9.17, 15) is 9.18 Å². The molecule has 4 nitrogen and oxygen atoms in total. The number of rotatable bonds is 4. The maximum atomic E-state index is 12.6. The highest BCUT2D eigenvalue weighted by molar-refractivity contribution is 5.94. The van der Waals surface area contributed by atoms with E-state index < -0.39 is 5.95 Å². The molecule has 2 rings (SSSR count). The van der Waals surface area contributed by atoms with Gasteiger partial charge in [0.15, 0.2) is 0 Å². The Hall–Kier alpha value is -1.49. The molecule has 0 bridgehead atoms. The van der Waals surface area contributed by atoms with Crippen LogP contribution in [0.2, 0.25) is 0 Å². The Bertz CT molecular complexity index is 376. The van der Waals surface area contributed by atoms with Gasteiger partial charge in [-0.3, -0.25) is 4.79 Å². The Morgan fingerprint density at radius 1 is 1.56 bits per heavy atom. The number of aliphatic hydroxyl groups is 1. The minimum atomic E-state index is -0.600. The van der Waals surface area contributed by atoms with E-state index in [2.05, 4.69) is 4.98 Å². The number of aliphatic hydroxyl groups excluding tert-OH is 1. The van der Waals surface area contributed by atoms with Crippen LogP contribution in [-0.2, 0) is 0 Å². The van der Waals surface area contributed by atoms with Gasteiger partial charge in [0.25, 0.3) is 5.91 Å². The second kappa shape index (κ2) is 4.57. The number of hydrogen-bond donors (Lipinski definition) is 1. The van der Waals surface area contributed by atoms with Crippen LogP contribution in [0.5, 0.6) is 0 Å². The molecule has 16 heavy (non-hydrogen) atoms. The molecule has 1 aliphatic carbocycles. The maximum Gasteiger partial charge on any atom is 0.255 e. The van der Waals surface area contributed by atoms with Crippen LogP contribution in [0.3, 0.4) is 0 Å². The Kier molecular flexibility index (Phi) is 3.14. The van der Waals surface area contributed by atoms with Gasteiger partial charge in [-0.1, -0.05) is 0 Å². The highest BCUT2D eigenvalue weighted by Gasteiger charge is 2.32. The molecule has 0 radical (unpaired) electrons. The molecule has 0 unspecified atom stereocenters. The van der Waals surface area contributed by atoms with Crippen molar-refractivity contribution in [2.75, 3.05) is 13.2 Å². The largest absolute Gasteiger partial charge is 0.395 e. The SMILES string of the molecule is O=C(c1ccc(F)nc1)N(CCO)C1CC1. The van der Waals surface area contributed by atoms with E-state index in [1.165, 1.54) is 12.3 Å². The van der Waals surface area contributed by atoms with Gasteiger partial charge in [0, 0.05) is 18.8 Å². The fourth-order valence-electron chi connectivity index (χ4n) is 1.61. The zero-order chi connectivity index (χ0) is 11.5. The lowest BCUT2D eigenvalue weighted by Crippen LogP contribution is -2.35. The van der Waals surface area contributed by atoms with Gasteiger partial charge in [-0.05, 0) is 25.0 Å². The molecular weight excluding hydrogens is 211 g/mol. The van der Waals surface area contributed by atoms with Gasteiger partial charge in [-0.25, -0.2) is 4.98 Å². The van der Waals surface area contributed by atoms with Crippen molar-refractivity contribution in [2.45, 2.75) is 18.9 Å². The van der Waals surface area contributed by atoms with Crippen molar-refractivity contribution in [1.29, 1.82) is 0 Å². The van der Waals surface area contributed by atoms with E-state index in [0.29, 0.717) is 12.1 Å². The summed E-state index contributed by atoms with van der Waals surface area (Å²) in [6.07, 6.45) is 3.17. The fraction of sp³-hybridized carbons (Fsp3) is 0.455. The van der Waals surface area contributed by atoms with Crippen LogP contribution in [0.25, 0.3) is 0 Å². The van der Waals surface area contributed by atoms with E-state index in [4.69, 9.17) is 5.11 Å². The minimum absolute atomic E-state index is 0.0587. The standard InChI is InChI=1S/C11H13FN2O2/c12-10-4-1-8(7-13-10)11(16)14(5-6-15)9-2-3-9/h1,4,7,9,15H,2-3,5-6H2. The van der Waals surface area contributed by atoms with E-state index in [1.54, 1.807) is 4.90 Å². The number of halogens is 1. The quantitative estimate of drug-likeness (QED) is 0.770. The second-order valence-corrected chi connectivity index (χ2v) is 3.82. The maximum absolute atomic E-state index is 12.6. The molecule has 1 amide bonds. The summed E-state index contributed by atoms with van der Waals surface area (Å²) in [5, 5.41) is 8.88. The van der Waals surface area contributed by atoms with Gasteiger partial charge in [-0.2, -0.15) is 4.39 Å². The molecular formula is C11H13FN2O2. The zero-order valence-corrected chi connectivity index (χ0v) is 8.77. The Morgan fingerprint density at radius 2 is 2.31 bits per heavy atom. The summed E-state index contributed by atoms with van der Waals surface area (Å²) in [6, 6.07) is 2.80. The average molecular weight is 224 g/mol. The van der Waals surface area contributed by atoms with Crippen LogP contribution in [0.15, 0.2) is 18.3 Å². The molecule has 0 saturated heterocycles. The summed E-state index contributed by atoms with van der Waals surface area (Å²) in [5.41, 5.74) is 0.363. The van der Waals surface area contributed by atoms with Crippen LogP contribution in [0.1, 0.15) is 23.2 Å². The van der Waals surface area contributed by atoms with Crippen molar-refractivity contribution in [3.05, 3.63) is 29.8 Å². The lowest BCUT2D eigenvalue weighted by molar-refractivity contribution is 0.0707. The summed E-state index contributed by atoms with van der Waals surface area (Å²) in [5.74, 6) is -0.791. The van der Waals surface area contributed by atoms with Crippen molar-refractivity contribution < 1.29 is 14.3 Å². The zero-order valence-electron chi connectivity index (χ0n) is 8.77. The third-order valence-electron chi connectivity index (χ3n) is 2.56. The lowest BCUT2D eigenvalue weighted by Gasteiger charge is -2.21. The van der Waals surface area contributed by atoms with Gasteiger partial charge >= 0.3 is 0 Å². The molecule has 0 spiro atoms. The molecule has 1 saturated carbocycles. The highest BCUT2D eigenvalue weighted by atomic mass is 19.1. The molecule has 1 heterocycles. The molecule has 0 aliphatic heterocycles. The molecule has 0 atom stereocenters. The molecule has 1 N–H and O–H groups in total. The van der Waals surface area contributed by atoms with Gasteiger partial charge in [-0.15, -0.1) is 0 Å². The van der Waals surface area contributed by atoms with Gasteiger partial charge in [0.2, 0.25) is 5.95 Å². The Labute approximate surface area is 92.7 Å². The van der Waals surface area contributed by atoms with Crippen LogP contribution < -0.4 is 0 Å². The number of hydrogen-bond acceptors (Lipinski definition) is 3. The first kappa shape index (κ1) is 11.0. The van der Waals surface area contributed by atoms with Crippen LogP contribution >= 0.6 is 0 Å². The minimum Gasteiger partial charge on any atom is -0.395 e. The number of carbonyl (C=O) groups excluding carboxylic acids is 1. The first-order chi connectivity index (χ1) is 7.72. The Morgan fingerprint density at radius 3 is 2.81 bits per heavy atom. The molecule has 1 aromatic heterocycles. The summed E-state index contributed by atoms with van der Waals surface area (Å²) in [6.45, 7) is 0.262. The number of amides is 1. The molecule has 0 aromatic carbocycles. The lowest BCUT2D eigenvalue weighted by atomic mass is 10.2. The summed E-state index contributed by atoms with van der Waals surface area (Å²) in [4.78, 5) is 17.0. The summed E-state index contributed by atoms with van der Waals surface area (Å²) >= 11 is 0. The molecule has 1 fully saturated rings. The molecule has 86 valence electrons. The Balaban J connectivity index is 2.12. The van der Waals surface area contributed by atoms with E-state index >= 15 is 0 Å². The molecule has 1 aromatic rings. The average Bonchev–Trinajstić information content (AvgIpc) is 3.10. The topological polar surface area (TPSA) is 53.4 Å². The van der Waals surface area contributed by atoms with Crippen molar-refractivity contribution in [1.82, 2.24) is 9.88 Å². The second-order valence-electron chi connectivity index (χ2n) is 3.82. The van der Waals surface area contributed by atoms with Crippen molar-refractivity contribution >= 4 is 5.91 Å². The first-order valence-corrected chi connectivity index (χ1v) is 5.26. The third kappa shape index (κ3) is 2.36. The predicted molar refractivity (Wildman–Crippen MR) is 55.3 cm³/mol. The number of aromatic nitrogens is 1. The summed E-state index contributed by atoms with van der Waals surface area (Å²) in [7, 11) is 0. The highest BCUT2D eigenvalue weighted by Crippen LogP contribution is 2.27. The van der Waals surface area contributed by atoms with Crippen molar-refractivity contribution in [3.63, 3.8) is 0 Å².